The van der Waals surface area contributed by atoms with Gasteiger partial charge in [-0.3, -0.25) is 10.0 Å². The van der Waals surface area contributed by atoms with E-state index in [-0.39, 0.29) is 0 Å². The van der Waals surface area contributed by atoms with Crippen LogP contribution in [0.15, 0.2) is 54.6 Å². The SMILES string of the molecule is CC(C)Cc1ccc(C(=O)N(O)c2ccccc2)cc1. The Labute approximate surface area is 119 Å². The molecule has 1 amide bonds. The Morgan fingerprint density at radius 1 is 1.05 bits per heavy atom. The van der Waals surface area contributed by atoms with E-state index in [1.165, 1.54) is 5.56 Å². The van der Waals surface area contributed by atoms with Gasteiger partial charge >= 0.3 is 0 Å². The van der Waals surface area contributed by atoms with Crippen LogP contribution in [0.1, 0.15) is 29.8 Å². The highest BCUT2D eigenvalue weighted by Crippen LogP contribution is 2.16. The zero-order valence-electron chi connectivity index (χ0n) is 11.8. The third kappa shape index (κ3) is 3.45. The molecule has 0 saturated carbocycles. The molecule has 2 aromatic rings. The Morgan fingerprint density at radius 2 is 1.65 bits per heavy atom. The minimum Gasteiger partial charge on any atom is -0.281 e. The van der Waals surface area contributed by atoms with E-state index in [9.17, 15) is 10.0 Å². The van der Waals surface area contributed by atoms with Gasteiger partial charge in [-0.15, -0.1) is 0 Å². The van der Waals surface area contributed by atoms with Crippen molar-refractivity contribution in [1.82, 2.24) is 0 Å². The number of rotatable bonds is 4. The first-order chi connectivity index (χ1) is 9.58. The van der Waals surface area contributed by atoms with Crippen molar-refractivity contribution < 1.29 is 10.0 Å². The number of nitrogens with zero attached hydrogens (tertiary/aromatic N) is 1. The third-order valence-electron chi connectivity index (χ3n) is 3.04. The standard InChI is InChI=1S/C17H19NO2/c1-13(2)12-14-8-10-15(11-9-14)17(19)18(20)16-6-4-3-5-7-16/h3-11,13,20H,12H2,1-2H3. The number of para-hydroxylation sites is 1. The number of carbonyl (C=O) groups is 1. The average Bonchev–Trinajstić information content (AvgIpc) is 2.47. The molecule has 3 nitrogen and oxygen atoms in total. The third-order valence-corrected chi connectivity index (χ3v) is 3.04. The summed E-state index contributed by atoms with van der Waals surface area (Å²) in [5.74, 6) is 0.155. The lowest BCUT2D eigenvalue weighted by Crippen LogP contribution is -2.26. The zero-order valence-corrected chi connectivity index (χ0v) is 11.8. The van der Waals surface area contributed by atoms with E-state index in [0.717, 1.165) is 6.42 Å². The van der Waals surface area contributed by atoms with Gasteiger partial charge in [-0.25, -0.2) is 0 Å². The van der Waals surface area contributed by atoms with Crippen molar-refractivity contribution in [2.75, 3.05) is 5.06 Å². The van der Waals surface area contributed by atoms with Gasteiger partial charge in [0.1, 0.15) is 0 Å². The first-order valence-electron chi connectivity index (χ1n) is 6.75. The summed E-state index contributed by atoms with van der Waals surface area (Å²) in [6.45, 7) is 4.31. The van der Waals surface area contributed by atoms with E-state index in [0.29, 0.717) is 22.2 Å². The summed E-state index contributed by atoms with van der Waals surface area (Å²) in [7, 11) is 0. The first kappa shape index (κ1) is 14.3. The highest BCUT2D eigenvalue weighted by atomic mass is 16.5. The summed E-state index contributed by atoms with van der Waals surface area (Å²) >= 11 is 0. The summed E-state index contributed by atoms with van der Waals surface area (Å²) < 4.78 is 0. The second kappa shape index (κ2) is 6.35. The Morgan fingerprint density at radius 3 is 2.20 bits per heavy atom. The number of anilines is 1. The van der Waals surface area contributed by atoms with E-state index in [1.54, 1.807) is 36.4 Å². The maximum absolute atomic E-state index is 12.2. The fourth-order valence-electron chi connectivity index (χ4n) is 2.06. The summed E-state index contributed by atoms with van der Waals surface area (Å²) in [6.07, 6.45) is 0.982. The molecule has 0 radical (unpaired) electrons. The maximum Gasteiger partial charge on any atom is 0.281 e. The molecule has 0 aliphatic heterocycles. The van der Waals surface area contributed by atoms with Crippen LogP contribution in [0.4, 0.5) is 5.69 Å². The van der Waals surface area contributed by atoms with E-state index in [1.807, 2.05) is 18.2 Å². The van der Waals surface area contributed by atoms with E-state index < -0.39 is 5.91 Å². The summed E-state index contributed by atoms with van der Waals surface area (Å²) in [5, 5.41) is 10.6. The topological polar surface area (TPSA) is 40.5 Å². The first-order valence-corrected chi connectivity index (χ1v) is 6.75. The Kier molecular flexibility index (Phi) is 4.53. The van der Waals surface area contributed by atoms with Crippen LogP contribution in [0.3, 0.4) is 0 Å². The van der Waals surface area contributed by atoms with Crippen molar-refractivity contribution in [3.63, 3.8) is 0 Å². The molecule has 0 aliphatic rings. The lowest BCUT2D eigenvalue weighted by molar-refractivity contribution is 0.0855. The van der Waals surface area contributed by atoms with Crippen molar-refractivity contribution in [3.05, 3.63) is 65.7 Å². The molecule has 20 heavy (non-hydrogen) atoms. The Hall–Kier alpha value is -2.13. The van der Waals surface area contributed by atoms with Gasteiger partial charge in [-0.1, -0.05) is 44.2 Å². The van der Waals surface area contributed by atoms with E-state index in [2.05, 4.69) is 13.8 Å². The number of carbonyl (C=O) groups excluding carboxylic acids is 1. The minimum absolute atomic E-state index is 0.424. The van der Waals surface area contributed by atoms with E-state index >= 15 is 0 Å². The van der Waals surface area contributed by atoms with Gasteiger partial charge in [0.25, 0.3) is 5.91 Å². The summed E-state index contributed by atoms with van der Waals surface area (Å²) in [6, 6.07) is 16.1. The van der Waals surface area contributed by atoms with Crippen molar-refractivity contribution in [1.29, 1.82) is 0 Å². The molecule has 104 valence electrons. The number of benzene rings is 2. The maximum atomic E-state index is 12.2. The normalized spacial score (nSPS) is 10.6. The largest absolute Gasteiger partial charge is 0.281 e. The highest BCUT2D eigenvalue weighted by molar-refractivity contribution is 6.04. The molecule has 0 atom stereocenters. The van der Waals surface area contributed by atoms with Crippen LogP contribution in [-0.2, 0) is 6.42 Å². The zero-order chi connectivity index (χ0) is 14.5. The van der Waals surface area contributed by atoms with Crippen LogP contribution < -0.4 is 5.06 Å². The molecule has 1 N–H and O–H groups in total. The molecule has 0 bridgehead atoms. The van der Waals surface area contributed by atoms with Crippen LogP contribution in [0.2, 0.25) is 0 Å². The number of hydrogen-bond donors (Lipinski definition) is 1. The molecule has 2 rings (SSSR count). The predicted octanol–water partition coefficient (Wildman–Crippen LogP) is 3.92. The fraction of sp³-hybridized carbons (Fsp3) is 0.235. The molecule has 3 heteroatoms. The lowest BCUT2D eigenvalue weighted by atomic mass is 10.0. The minimum atomic E-state index is -0.424. The molecule has 0 heterocycles. The van der Waals surface area contributed by atoms with Crippen LogP contribution >= 0.6 is 0 Å². The molecule has 0 saturated heterocycles. The quantitative estimate of drug-likeness (QED) is 0.675. The van der Waals surface area contributed by atoms with Gasteiger partial charge < -0.3 is 0 Å². The summed E-state index contributed by atoms with van der Waals surface area (Å²) in [5.41, 5.74) is 2.13. The van der Waals surface area contributed by atoms with Crippen LogP contribution in [0.25, 0.3) is 0 Å². The lowest BCUT2D eigenvalue weighted by Gasteiger charge is -2.15. The van der Waals surface area contributed by atoms with Gasteiger partial charge in [0.05, 0.1) is 5.69 Å². The number of hydrogen-bond acceptors (Lipinski definition) is 2. The molecular weight excluding hydrogens is 250 g/mol. The van der Waals surface area contributed by atoms with Crippen LogP contribution in [0, 0.1) is 5.92 Å². The average molecular weight is 269 g/mol. The monoisotopic (exact) mass is 269 g/mol. The fourth-order valence-corrected chi connectivity index (χ4v) is 2.06. The second-order valence-corrected chi connectivity index (χ2v) is 5.25. The van der Waals surface area contributed by atoms with Gasteiger partial charge in [0.2, 0.25) is 0 Å². The smallest absolute Gasteiger partial charge is 0.281 e. The van der Waals surface area contributed by atoms with Crippen molar-refractivity contribution in [2.45, 2.75) is 20.3 Å². The highest BCUT2D eigenvalue weighted by Gasteiger charge is 2.15. The van der Waals surface area contributed by atoms with Crippen molar-refractivity contribution in [3.8, 4) is 0 Å². The summed E-state index contributed by atoms with van der Waals surface area (Å²) in [4.78, 5) is 12.2. The molecule has 0 fully saturated rings. The number of amides is 1. The molecule has 0 spiro atoms. The Bertz CT molecular complexity index is 561. The molecule has 0 aliphatic carbocycles. The number of hydroxylamine groups is 1. The molecule has 0 aromatic heterocycles. The molecule has 0 unspecified atom stereocenters. The van der Waals surface area contributed by atoms with Gasteiger partial charge in [0, 0.05) is 5.56 Å². The molecular formula is C17H19NO2. The van der Waals surface area contributed by atoms with Gasteiger partial charge in [-0.2, -0.15) is 5.06 Å². The van der Waals surface area contributed by atoms with Crippen LogP contribution in [0.5, 0.6) is 0 Å². The second-order valence-electron chi connectivity index (χ2n) is 5.25. The van der Waals surface area contributed by atoms with Gasteiger partial charge in [-0.05, 0) is 42.2 Å². The van der Waals surface area contributed by atoms with Gasteiger partial charge in [0.15, 0.2) is 0 Å². The predicted molar refractivity (Wildman–Crippen MR) is 80.0 cm³/mol. The van der Waals surface area contributed by atoms with Crippen molar-refractivity contribution in [2.24, 2.45) is 5.92 Å². The van der Waals surface area contributed by atoms with Crippen LogP contribution in [-0.4, -0.2) is 11.1 Å². The van der Waals surface area contributed by atoms with E-state index in [4.69, 9.17) is 0 Å². The Balaban J connectivity index is 2.13. The van der Waals surface area contributed by atoms with Crippen molar-refractivity contribution >= 4 is 11.6 Å². The molecule has 2 aromatic carbocycles.